The minimum absolute atomic E-state index is 0.116. The summed E-state index contributed by atoms with van der Waals surface area (Å²) in [6.07, 6.45) is 1.63. The molecule has 0 fully saturated rings. The first kappa shape index (κ1) is 25.1. The highest BCUT2D eigenvalue weighted by atomic mass is 19.1. The Bertz CT molecular complexity index is 1420. The molecule has 4 aromatic rings. The van der Waals surface area contributed by atoms with Gasteiger partial charge >= 0.3 is 0 Å². The molecule has 0 aliphatic rings. The molecule has 2 amide bonds. The van der Waals surface area contributed by atoms with Crippen molar-refractivity contribution in [2.75, 3.05) is 19.0 Å². The maximum atomic E-state index is 13.6. The summed E-state index contributed by atoms with van der Waals surface area (Å²) in [5.41, 5.74) is 5.55. The third-order valence-corrected chi connectivity index (χ3v) is 6.13. The van der Waals surface area contributed by atoms with Gasteiger partial charge in [0.15, 0.2) is 0 Å². The van der Waals surface area contributed by atoms with E-state index < -0.39 is 0 Å². The zero-order valence-corrected chi connectivity index (χ0v) is 20.9. The zero-order chi connectivity index (χ0) is 26.0. The predicted octanol–water partition coefficient (Wildman–Crippen LogP) is 3.65. The molecule has 0 aliphatic heterocycles. The molecule has 0 unspecified atom stereocenters. The highest BCUT2D eigenvalue weighted by molar-refractivity contribution is 6.07. The fourth-order valence-electron chi connectivity index (χ4n) is 4.45. The molecule has 4 rings (SSSR count). The van der Waals surface area contributed by atoms with Gasteiger partial charge in [-0.25, -0.2) is 9.37 Å². The minimum Gasteiger partial charge on any atom is -0.375 e. The summed E-state index contributed by atoms with van der Waals surface area (Å²) in [6, 6.07) is 9.20. The van der Waals surface area contributed by atoms with Crippen LogP contribution in [-0.2, 0) is 23.1 Å². The van der Waals surface area contributed by atoms with Crippen molar-refractivity contribution in [2.24, 2.45) is 7.05 Å². The van der Waals surface area contributed by atoms with E-state index in [-0.39, 0.29) is 30.3 Å². The highest BCUT2D eigenvalue weighted by Crippen LogP contribution is 2.27. The number of ether oxygens (including phenoxy) is 1. The fraction of sp³-hybridized carbons (Fsp3) is 0.308. The van der Waals surface area contributed by atoms with Gasteiger partial charge in [0, 0.05) is 37.6 Å². The molecule has 2 aromatic heterocycles. The van der Waals surface area contributed by atoms with Gasteiger partial charge in [-0.05, 0) is 50.6 Å². The molecule has 0 spiro atoms. The van der Waals surface area contributed by atoms with Gasteiger partial charge in [-0.3, -0.25) is 14.3 Å². The van der Waals surface area contributed by atoms with Gasteiger partial charge in [-0.2, -0.15) is 5.10 Å². The number of aryl methyl sites for hydroxylation is 2. The maximum absolute atomic E-state index is 13.6. The Morgan fingerprint density at radius 1 is 1.17 bits per heavy atom. The average Bonchev–Trinajstić information content (AvgIpc) is 3.33. The number of anilines is 1. The van der Waals surface area contributed by atoms with Crippen molar-refractivity contribution in [1.29, 1.82) is 0 Å². The van der Waals surface area contributed by atoms with Crippen LogP contribution >= 0.6 is 0 Å². The number of rotatable bonds is 8. The Kier molecular flexibility index (Phi) is 7.16. The molecular formula is C26H29FN6O3. The number of imidazole rings is 1. The Morgan fingerprint density at radius 2 is 1.89 bits per heavy atom. The Labute approximate surface area is 208 Å². The number of aromatic nitrogens is 4. The normalized spacial score (nSPS) is 12.1. The van der Waals surface area contributed by atoms with E-state index in [1.807, 2.05) is 32.4 Å². The number of carbonyl (C=O) groups excluding carboxylic acids is 2. The van der Waals surface area contributed by atoms with Crippen molar-refractivity contribution < 1.29 is 18.7 Å². The maximum Gasteiger partial charge on any atom is 0.254 e. The molecule has 1 atom stereocenters. The molecule has 10 heteroatoms. The van der Waals surface area contributed by atoms with Gasteiger partial charge in [-0.15, -0.1) is 0 Å². The topological polar surface area (TPSA) is 103 Å². The molecule has 0 aliphatic carbocycles. The second-order valence-corrected chi connectivity index (χ2v) is 8.77. The van der Waals surface area contributed by atoms with Gasteiger partial charge < -0.3 is 19.9 Å². The van der Waals surface area contributed by atoms with E-state index in [4.69, 9.17) is 4.74 Å². The van der Waals surface area contributed by atoms with E-state index in [9.17, 15) is 14.0 Å². The number of amides is 2. The number of hydrogen-bond donors (Lipinski definition) is 2. The van der Waals surface area contributed by atoms with Gasteiger partial charge in [0.1, 0.15) is 12.4 Å². The van der Waals surface area contributed by atoms with Gasteiger partial charge in [0.25, 0.3) is 5.91 Å². The first-order valence-electron chi connectivity index (χ1n) is 11.5. The van der Waals surface area contributed by atoms with Crippen molar-refractivity contribution >= 4 is 28.5 Å². The smallest absolute Gasteiger partial charge is 0.254 e. The predicted molar refractivity (Wildman–Crippen MR) is 134 cm³/mol. The summed E-state index contributed by atoms with van der Waals surface area (Å²) in [6.45, 7) is 6.05. The van der Waals surface area contributed by atoms with Crippen molar-refractivity contribution in [2.45, 2.75) is 33.4 Å². The number of methoxy groups -OCH3 is 1. The Morgan fingerprint density at radius 3 is 2.53 bits per heavy atom. The monoisotopic (exact) mass is 492 g/mol. The van der Waals surface area contributed by atoms with Crippen LogP contribution in [0, 0.1) is 19.7 Å². The molecule has 0 radical (unpaired) electrons. The summed E-state index contributed by atoms with van der Waals surface area (Å²) >= 11 is 0. The lowest BCUT2D eigenvalue weighted by atomic mass is 10.0. The molecule has 36 heavy (non-hydrogen) atoms. The molecule has 9 nitrogen and oxygen atoms in total. The number of carbonyl (C=O) groups is 2. The third-order valence-electron chi connectivity index (χ3n) is 6.13. The fourth-order valence-corrected chi connectivity index (χ4v) is 4.45. The van der Waals surface area contributed by atoms with Crippen LogP contribution in [0.2, 0.25) is 0 Å². The molecule has 0 saturated carbocycles. The lowest BCUT2D eigenvalue weighted by Crippen LogP contribution is -2.28. The van der Waals surface area contributed by atoms with E-state index in [1.165, 1.54) is 19.2 Å². The number of hydrogen-bond acceptors (Lipinski definition) is 5. The van der Waals surface area contributed by atoms with E-state index in [1.54, 1.807) is 35.3 Å². The molecule has 2 heterocycles. The van der Waals surface area contributed by atoms with Crippen molar-refractivity contribution in [3.63, 3.8) is 0 Å². The second kappa shape index (κ2) is 10.3. The summed E-state index contributed by atoms with van der Waals surface area (Å²) in [7, 11) is 3.30. The van der Waals surface area contributed by atoms with Crippen LogP contribution in [0.1, 0.15) is 45.8 Å². The van der Waals surface area contributed by atoms with Crippen LogP contribution in [0.5, 0.6) is 0 Å². The van der Waals surface area contributed by atoms with Crippen molar-refractivity contribution in [1.82, 2.24) is 24.6 Å². The lowest BCUT2D eigenvalue weighted by Gasteiger charge is -2.17. The number of nitrogens with zero attached hydrogens (tertiary/aromatic N) is 4. The van der Waals surface area contributed by atoms with E-state index in [0.717, 1.165) is 22.5 Å². The Hall–Kier alpha value is -4.05. The quantitative estimate of drug-likeness (QED) is 0.391. The van der Waals surface area contributed by atoms with Crippen LogP contribution in [0.4, 0.5) is 10.1 Å². The largest absolute Gasteiger partial charge is 0.375 e. The van der Waals surface area contributed by atoms with E-state index >= 15 is 0 Å². The van der Waals surface area contributed by atoms with Crippen molar-refractivity contribution in [3.8, 4) is 0 Å². The molecular weight excluding hydrogens is 463 g/mol. The van der Waals surface area contributed by atoms with Gasteiger partial charge in [0.05, 0.1) is 34.7 Å². The SMILES string of the molecule is COCC(=O)Nc1cc(C(=O)N[C@H](C)c2c(C)nn(C)c2C)c2c(c1)ncn2Cc1ccc(F)cc1. The number of fused-ring (bicyclic) bond motifs is 1. The second-order valence-electron chi connectivity index (χ2n) is 8.77. The molecule has 0 saturated heterocycles. The molecule has 2 aromatic carbocycles. The number of halogens is 1. The third kappa shape index (κ3) is 5.13. The molecule has 0 bridgehead atoms. The molecule has 2 N–H and O–H groups in total. The first-order valence-corrected chi connectivity index (χ1v) is 11.5. The standard InChI is InChI=1S/C26H29FN6O3/c1-15(24-16(2)31-32(4)17(24)3)29-26(35)21-10-20(30-23(34)13-36-5)11-22-25(21)33(14-28-22)12-18-6-8-19(27)9-7-18/h6-11,14-15H,12-13H2,1-5H3,(H,29,35)(H,30,34)/t15-/m1/s1. The summed E-state index contributed by atoms with van der Waals surface area (Å²) in [5.74, 6) is -0.983. The molecule has 188 valence electrons. The van der Waals surface area contributed by atoms with Crippen molar-refractivity contribution in [3.05, 3.63) is 76.6 Å². The number of nitrogens with one attached hydrogen (secondary N) is 2. The Balaban J connectivity index is 1.73. The number of benzene rings is 2. The van der Waals surface area contributed by atoms with Crippen LogP contribution in [0.15, 0.2) is 42.7 Å². The minimum atomic E-state index is -0.344. The highest BCUT2D eigenvalue weighted by Gasteiger charge is 2.22. The van der Waals surface area contributed by atoms with E-state index in [0.29, 0.717) is 28.8 Å². The van der Waals surface area contributed by atoms with Gasteiger partial charge in [0.2, 0.25) is 5.91 Å². The van der Waals surface area contributed by atoms with Crippen LogP contribution < -0.4 is 10.6 Å². The lowest BCUT2D eigenvalue weighted by molar-refractivity contribution is -0.119. The van der Waals surface area contributed by atoms with Crippen LogP contribution in [0.25, 0.3) is 11.0 Å². The van der Waals surface area contributed by atoms with Crippen LogP contribution in [-0.4, -0.2) is 44.9 Å². The summed E-state index contributed by atoms with van der Waals surface area (Å²) in [5, 5.41) is 10.3. The van der Waals surface area contributed by atoms with Crippen LogP contribution in [0.3, 0.4) is 0 Å². The zero-order valence-electron chi connectivity index (χ0n) is 20.9. The summed E-state index contributed by atoms with van der Waals surface area (Å²) in [4.78, 5) is 30.2. The first-order chi connectivity index (χ1) is 17.2. The van der Waals surface area contributed by atoms with Gasteiger partial charge in [-0.1, -0.05) is 12.1 Å². The summed E-state index contributed by atoms with van der Waals surface area (Å²) < 4.78 is 21.9. The average molecular weight is 493 g/mol. The van der Waals surface area contributed by atoms with E-state index in [2.05, 4.69) is 20.7 Å².